The molecule has 0 unspecified atom stereocenters. The van der Waals surface area contributed by atoms with Crippen LogP contribution in [0.25, 0.3) is 0 Å². The Kier molecular flexibility index (Phi) is 34.8. The molecule has 0 fully saturated rings. The van der Waals surface area contributed by atoms with Gasteiger partial charge in [0.25, 0.3) is 0 Å². The smallest absolute Gasteiger partial charge is 0.00922 e. The van der Waals surface area contributed by atoms with E-state index in [-0.39, 0.29) is 0 Å². The Morgan fingerprint density at radius 2 is 0.500 bits per heavy atom. The highest BCUT2D eigenvalue weighted by Crippen LogP contribution is 2.14. The van der Waals surface area contributed by atoms with E-state index in [0.29, 0.717) is 0 Å². The van der Waals surface area contributed by atoms with Crippen molar-refractivity contribution in [1.82, 2.24) is 0 Å². The van der Waals surface area contributed by atoms with Crippen molar-refractivity contribution in [3.05, 3.63) is 12.2 Å². The molecule has 0 heteroatoms. The second-order valence-corrected chi connectivity index (χ2v) is 11.7. The van der Waals surface area contributed by atoms with Crippen molar-refractivity contribution in [2.45, 2.75) is 206 Å². The average Bonchev–Trinajstić information content (AvgIpc) is 2.93. The number of rotatable bonds is 28. The van der Waals surface area contributed by atoms with Gasteiger partial charge >= 0.3 is 0 Å². The van der Waals surface area contributed by atoms with Gasteiger partial charge < -0.3 is 0 Å². The zero-order chi connectivity index (χ0) is 27.5. The summed E-state index contributed by atoms with van der Waals surface area (Å²) in [6, 6.07) is 0. The molecular formula is C38H68. The summed E-state index contributed by atoms with van der Waals surface area (Å²) < 4.78 is 0. The molecule has 0 N–H and O–H groups in total. The van der Waals surface area contributed by atoms with Crippen LogP contribution in [0.3, 0.4) is 0 Å². The molecule has 0 amide bonds. The lowest BCUT2D eigenvalue weighted by atomic mass is 10.0. The van der Waals surface area contributed by atoms with Crippen molar-refractivity contribution in [1.29, 1.82) is 0 Å². The molecule has 38 heavy (non-hydrogen) atoms. The van der Waals surface area contributed by atoms with Gasteiger partial charge in [0.05, 0.1) is 0 Å². The zero-order valence-corrected chi connectivity index (χ0v) is 26.4. The molecule has 0 aliphatic rings. The Morgan fingerprint density at radius 3 is 0.737 bits per heavy atom. The first-order valence-electron chi connectivity index (χ1n) is 17.5. The second kappa shape index (κ2) is 35.9. The molecule has 0 saturated heterocycles. The maximum Gasteiger partial charge on any atom is 0.00922 e. The van der Waals surface area contributed by atoms with E-state index in [1.165, 1.54) is 180 Å². The first-order chi connectivity index (χ1) is 18.9. The predicted octanol–water partition coefficient (Wildman–Crippen LogP) is 13.3. The summed E-state index contributed by atoms with van der Waals surface area (Å²) in [7, 11) is 0. The largest absolute Gasteiger partial charge is 0.0985 e. The summed E-state index contributed by atoms with van der Waals surface area (Å²) in [6.45, 7) is 4.59. The number of allylic oxidation sites excluding steroid dienone is 2. The summed E-state index contributed by atoms with van der Waals surface area (Å²) in [6.07, 6.45) is 45.5. The molecule has 0 radical (unpaired) electrons. The van der Waals surface area contributed by atoms with Gasteiger partial charge in [0.1, 0.15) is 0 Å². The predicted molar refractivity (Wildman–Crippen MR) is 175 cm³/mol. The monoisotopic (exact) mass is 525 g/mol. The molecule has 0 aliphatic heterocycles. The molecule has 0 aromatic heterocycles. The zero-order valence-electron chi connectivity index (χ0n) is 26.4. The summed E-state index contributed by atoms with van der Waals surface area (Å²) in [5, 5.41) is 0. The van der Waals surface area contributed by atoms with Crippen LogP contribution in [-0.2, 0) is 0 Å². The topological polar surface area (TPSA) is 0 Å². The summed E-state index contributed by atoms with van der Waals surface area (Å²) in [5.74, 6) is 12.9. The Bertz CT molecular complexity index is 523. The molecule has 0 aromatic rings. The molecule has 0 aliphatic carbocycles. The van der Waals surface area contributed by atoms with Gasteiger partial charge in [-0.05, 0) is 25.0 Å². The van der Waals surface area contributed by atoms with Crippen LogP contribution in [-0.4, -0.2) is 0 Å². The molecule has 0 saturated carbocycles. The molecule has 0 nitrogen and oxygen atoms in total. The van der Waals surface area contributed by atoms with Gasteiger partial charge in [-0.25, -0.2) is 0 Å². The van der Waals surface area contributed by atoms with Gasteiger partial charge in [0.15, 0.2) is 0 Å². The Balaban J connectivity index is 3.26. The van der Waals surface area contributed by atoms with E-state index < -0.39 is 0 Å². The molecule has 0 heterocycles. The third-order valence-electron chi connectivity index (χ3n) is 7.76. The third-order valence-corrected chi connectivity index (χ3v) is 7.76. The van der Waals surface area contributed by atoms with Crippen molar-refractivity contribution in [2.75, 3.05) is 0 Å². The summed E-state index contributed by atoms with van der Waals surface area (Å²) in [4.78, 5) is 0. The van der Waals surface area contributed by atoms with Crippen LogP contribution in [0.5, 0.6) is 0 Å². The van der Waals surface area contributed by atoms with Crippen LogP contribution in [0.15, 0.2) is 12.2 Å². The van der Waals surface area contributed by atoms with Crippen LogP contribution < -0.4 is 0 Å². The van der Waals surface area contributed by atoms with E-state index in [1.807, 2.05) is 12.2 Å². The highest BCUT2D eigenvalue weighted by atomic mass is 14.0. The fourth-order valence-electron chi connectivity index (χ4n) is 5.16. The molecule has 220 valence electrons. The van der Waals surface area contributed by atoms with E-state index in [2.05, 4.69) is 37.5 Å². The van der Waals surface area contributed by atoms with Crippen molar-refractivity contribution >= 4 is 0 Å². The van der Waals surface area contributed by atoms with Gasteiger partial charge in [-0.3, -0.25) is 0 Å². The van der Waals surface area contributed by atoms with E-state index in [0.717, 1.165) is 12.8 Å². The van der Waals surface area contributed by atoms with Gasteiger partial charge in [-0.1, -0.05) is 204 Å². The van der Waals surface area contributed by atoms with Crippen LogP contribution in [0.2, 0.25) is 0 Å². The Hall–Kier alpha value is -1.14. The molecular weight excluding hydrogens is 456 g/mol. The minimum atomic E-state index is 1.04. The van der Waals surface area contributed by atoms with Crippen molar-refractivity contribution in [3.63, 3.8) is 0 Å². The van der Waals surface area contributed by atoms with E-state index in [1.54, 1.807) is 0 Å². The maximum absolute atomic E-state index is 3.28. The van der Waals surface area contributed by atoms with E-state index in [9.17, 15) is 0 Å². The lowest BCUT2D eigenvalue weighted by Gasteiger charge is -2.02. The minimum absolute atomic E-state index is 1.04. The molecule has 0 spiro atoms. The third kappa shape index (κ3) is 34.9. The Morgan fingerprint density at radius 1 is 0.289 bits per heavy atom. The van der Waals surface area contributed by atoms with Gasteiger partial charge in [0.2, 0.25) is 0 Å². The lowest BCUT2D eigenvalue weighted by molar-refractivity contribution is 0.536. The van der Waals surface area contributed by atoms with Crippen molar-refractivity contribution in [2.24, 2.45) is 0 Å². The number of hydrogen-bond donors (Lipinski definition) is 0. The number of unbranched alkanes of at least 4 members (excludes halogenated alkanes) is 28. The lowest BCUT2D eigenvalue weighted by Crippen LogP contribution is -1.83. The minimum Gasteiger partial charge on any atom is -0.0985 e. The quantitative estimate of drug-likeness (QED) is 0.0705. The van der Waals surface area contributed by atoms with Gasteiger partial charge in [-0.2, -0.15) is 0 Å². The first-order valence-corrected chi connectivity index (χ1v) is 17.5. The van der Waals surface area contributed by atoms with Crippen LogP contribution in [0.1, 0.15) is 206 Å². The maximum atomic E-state index is 3.28. The summed E-state index contributed by atoms with van der Waals surface area (Å²) in [5.41, 5.74) is 0. The molecule has 0 aromatic carbocycles. The molecule has 0 rings (SSSR count). The van der Waals surface area contributed by atoms with Crippen molar-refractivity contribution < 1.29 is 0 Å². The highest BCUT2D eigenvalue weighted by Gasteiger charge is 1.95. The average molecular weight is 525 g/mol. The van der Waals surface area contributed by atoms with Crippen LogP contribution in [0.4, 0.5) is 0 Å². The summed E-state index contributed by atoms with van der Waals surface area (Å²) >= 11 is 0. The Labute approximate surface area is 242 Å². The first kappa shape index (κ1) is 36.9. The van der Waals surface area contributed by atoms with Crippen LogP contribution >= 0.6 is 0 Å². The SMILES string of the molecule is CCCCCCCCCCCCCCCCC#C/C=C\C#CCCCCCCCCCCCCCCCC. The standard InChI is InChI=1S/C38H68/c1-3-5-7-9-11-13-15-17-19-21-23-25-27-29-31-33-35-37-38-36-34-32-30-28-26-24-22-20-18-16-14-12-10-8-6-4-2/h37-38H,3-32H2,1-2H3/b38-37-. The molecule has 0 bridgehead atoms. The van der Waals surface area contributed by atoms with Gasteiger partial charge in [0, 0.05) is 12.8 Å². The second-order valence-electron chi connectivity index (χ2n) is 11.7. The fourth-order valence-corrected chi connectivity index (χ4v) is 5.16. The van der Waals surface area contributed by atoms with E-state index in [4.69, 9.17) is 0 Å². The molecule has 0 atom stereocenters. The highest BCUT2D eigenvalue weighted by molar-refractivity contribution is 5.24. The van der Waals surface area contributed by atoms with Gasteiger partial charge in [-0.15, -0.1) is 0 Å². The van der Waals surface area contributed by atoms with Crippen molar-refractivity contribution in [3.8, 4) is 23.7 Å². The fraction of sp³-hybridized carbons (Fsp3) is 0.842. The normalized spacial score (nSPS) is 10.9. The van der Waals surface area contributed by atoms with Crippen LogP contribution in [0, 0.1) is 23.7 Å². The number of hydrogen-bond acceptors (Lipinski definition) is 0. The van der Waals surface area contributed by atoms with E-state index >= 15 is 0 Å².